The molecule has 0 unspecified atom stereocenters. The number of aryl methyl sites for hydroxylation is 2. The van der Waals surface area contributed by atoms with Crippen molar-refractivity contribution in [2.75, 3.05) is 18.0 Å². The van der Waals surface area contributed by atoms with Gasteiger partial charge in [0.15, 0.2) is 0 Å². The molecular formula is C16H21N3O. The summed E-state index contributed by atoms with van der Waals surface area (Å²) in [5.41, 5.74) is 3.46. The minimum atomic E-state index is 0.572. The van der Waals surface area contributed by atoms with Gasteiger partial charge in [-0.3, -0.25) is 4.68 Å². The number of anilines is 1. The first kappa shape index (κ1) is 13.0. The lowest BCUT2D eigenvalue weighted by molar-refractivity contribution is 0.305. The van der Waals surface area contributed by atoms with Crippen molar-refractivity contribution in [1.29, 1.82) is 0 Å². The Bertz CT molecular complexity index is 568. The Kier molecular flexibility index (Phi) is 3.63. The lowest BCUT2D eigenvalue weighted by Gasteiger charge is -2.17. The van der Waals surface area contributed by atoms with Gasteiger partial charge in [-0.25, -0.2) is 0 Å². The number of hydrogen-bond acceptors (Lipinski definition) is 3. The lowest BCUT2D eigenvalue weighted by Crippen LogP contribution is -2.17. The zero-order valence-electron chi connectivity index (χ0n) is 12.2. The van der Waals surface area contributed by atoms with Crippen molar-refractivity contribution in [2.45, 2.75) is 26.4 Å². The summed E-state index contributed by atoms with van der Waals surface area (Å²) in [4.78, 5) is 2.43. The minimum Gasteiger partial charge on any atom is -0.489 e. The van der Waals surface area contributed by atoms with Crippen molar-refractivity contribution in [3.05, 3.63) is 41.7 Å². The Morgan fingerprint density at radius 3 is 2.45 bits per heavy atom. The van der Waals surface area contributed by atoms with Crippen LogP contribution in [-0.2, 0) is 13.7 Å². The van der Waals surface area contributed by atoms with Crippen molar-refractivity contribution < 1.29 is 4.74 Å². The molecule has 4 heteroatoms. The van der Waals surface area contributed by atoms with Crippen molar-refractivity contribution in [3.8, 4) is 5.75 Å². The summed E-state index contributed by atoms with van der Waals surface area (Å²) in [7, 11) is 1.93. The van der Waals surface area contributed by atoms with E-state index in [9.17, 15) is 0 Å². The molecule has 0 spiro atoms. The van der Waals surface area contributed by atoms with Gasteiger partial charge in [0, 0.05) is 37.6 Å². The first-order valence-corrected chi connectivity index (χ1v) is 7.19. The molecule has 1 aliphatic rings. The average molecular weight is 271 g/mol. The Labute approximate surface area is 120 Å². The second-order valence-corrected chi connectivity index (χ2v) is 5.39. The van der Waals surface area contributed by atoms with Crippen LogP contribution >= 0.6 is 0 Å². The second-order valence-electron chi connectivity index (χ2n) is 5.39. The van der Waals surface area contributed by atoms with Gasteiger partial charge in [0.05, 0.1) is 5.69 Å². The van der Waals surface area contributed by atoms with Crippen molar-refractivity contribution in [3.63, 3.8) is 0 Å². The maximum atomic E-state index is 5.83. The van der Waals surface area contributed by atoms with Gasteiger partial charge in [0.25, 0.3) is 0 Å². The lowest BCUT2D eigenvalue weighted by atomic mass is 10.2. The molecule has 0 N–H and O–H groups in total. The van der Waals surface area contributed by atoms with Gasteiger partial charge in [0.2, 0.25) is 0 Å². The van der Waals surface area contributed by atoms with Crippen LogP contribution in [-0.4, -0.2) is 22.9 Å². The van der Waals surface area contributed by atoms with E-state index in [2.05, 4.69) is 34.3 Å². The molecule has 1 aromatic carbocycles. The largest absolute Gasteiger partial charge is 0.489 e. The highest BCUT2D eigenvalue weighted by molar-refractivity contribution is 5.49. The fourth-order valence-electron chi connectivity index (χ4n) is 2.68. The standard InChI is InChI=1S/C16H21N3O/c1-13-14(11-18(2)17-13)12-20-16-7-5-15(6-8-16)19-9-3-4-10-19/h5-8,11H,3-4,9-10,12H2,1-2H3. The molecule has 1 aliphatic heterocycles. The van der Waals surface area contributed by atoms with Crippen molar-refractivity contribution >= 4 is 5.69 Å². The third-order valence-electron chi connectivity index (χ3n) is 3.82. The Morgan fingerprint density at radius 2 is 1.85 bits per heavy atom. The summed E-state index contributed by atoms with van der Waals surface area (Å²) in [6, 6.07) is 8.41. The van der Waals surface area contributed by atoms with Gasteiger partial charge in [0.1, 0.15) is 12.4 Å². The van der Waals surface area contributed by atoms with Crippen LogP contribution in [0.2, 0.25) is 0 Å². The van der Waals surface area contributed by atoms with E-state index >= 15 is 0 Å². The van der Waals surface area contributed by atoms with E-state index in [1.807, 2.05) is 24.9 Å². The molecule has 106 valence electrons. The Hall–Kier alpha value is -1.97. The van der Waals surface area contributed by atoms with Crippen LogP contribution in [0.4, 0.5) is 5.69 Å². The summed E-state index contributed by atoms with van der Waals surface area (Å²) < 4.78 is 7.66. The van der Waals surface area contributed by atoms with E-state index in [4.69, 9.17) is 4.74 Å². The van der Waals surface area contributed by atoms with Gasteiger partial charge in [-0.15, -0.1) is 0 Å². The van der Waals surface area contributed by atoms with E-state index in [0.29, 0.717) is 6.61 Å². The van der Waals surface area contributed by atoms with E-state index in [-0.39, 0.29) is 0 Å². The number of hydrogen-bond donors (Lipinski definition) is 0. The molecule has 1 fully saturated rings. The maximum absolute atomic E-state index is 5.83. The summed E-state index contributed by atoms with van der Waals surface area (Å²) in [6.07, 6.45) is 4.62. The summed E-state index contributed by atoms with van der Waals surface area (Å²) in [5.74, 6) is 0.913. The van der Waals surface area contributed by atoms with Crippen LogP contribution in [0.3, 0.4) is 0 Å². The van der Waals surface area contributed by atoms with Crippen LogP contribution in [0.25, 0.3) is 0 Å². The van der Waals surface area contributed by atoms with Crippen LogP contribution < -0.4 is 9.64 Å². The highest BCUT2D eigenvalue weighted by Gasteiger charge is 2.12. The molecule has 2 heterocycles. The van der Waals surface area contributed by atoms with E-state index in [0.717, 1.165) is 17.0 Å². The quantitative estimate of drug-likeness (QED) is 0.856. The summed E-state index contributed by atoms with van der Waals surface area (Å²) >= 11 is 0. The van der Waals surface area contributed by atoms with Crippen molar-refractivity contribution in [2.24, 2.45) is 7.05 Å². The van der Waals surface area contributed by atoms with Crippen LogP contribution in [0.5, 0.6) is 5.75 Å². The molecule has 3 rings (SSSR count). The molecule has 0 amide bonds. The summed E-state index contributed by atoms with van der Waals surface area (Å²) in [6.45, 7) is 4.93. The van der Waals surface area contributed by atoms with E-state index < -0.39 is 0 Å². The molecule has 1 saturated heterocycles. The maximum Gasteiger partial charge on any atom is 0.119 e. The number of nitrogens with zero attached hydrogens (tertiary/aromatic N) is 3. The topological polar surface area (TPSA) is 30.3 Å². The van der Waals surface area contributed by atoms with E-state index in [1.54, 1.807) is 0 Å². The smallest absolute Gasteiger partial charge is 0.119 e. The number of ether oxygens (including phenoxy) is 1. The van der Waals surface area contributed by atoms with Gasteiger partial charge < -0.3 is 9.64 Å². The predicted molar refractivity (Wildman–Crippen MR) is 80.2 cm³/mol. The number of aromatic nitrogens is 2. The zero-order valence-corrected chi connectivity index (χ0v) is 12.2. The van der Waals surface area contributed by atoms with Gasteiger partial charge in [-0.05, 0) is 44.0 Å². The molecule has 20 heavy (non-hydrogen) atoms. The average Bonchev–Trinajstić information content (AvgIpc) is 3.07. The fourth-order valence-corrected chi connectivity index (χ4v) is 2.68. The minimum absolute atomic E-state index is 0.572. The third kappa shape index (κ3) is 2.79. The van der Waals surface area contributed by atoms with Gasteiger partial charge in [-0.2, -0.15) is 5.10 Å². The second kappa shape index (κ2) is 5.57. The molecule has 0 bridgehead atoms. The number of benzene rings is 1. The third-order valence-corrected chi connectivity index (χ3v) is 3.82. The van der Waals surface area contributed by atoms with Gasteiger partial charge >= 0.3 is 0 Å². The molecule has 0 saturated carbocycles. The zero-order chi connectivity index (χ0) is 13.9. The summed E-state index contributed by atoms with van der Waals surface area (Å²) in [5, 5.41) is 4.32. The predicted octanol–water partition coefficient (Wildman–Crippen LogP) is 2.91. The Balaban J connectivity index is 1.62. The molecule has 0 aliphatic carbocycles. The van der Waals surface area contributed by atoms with Crippen LogP contribution in [0, 0.1) is 6.92 Å². The molecule has 0 atom stereocenters. The highest BCUT2D eigenvalue weighted by atomic mass is 16.5. The molecule has 4 nitrogen and oxygen atoms in total. The Morgan fingerprint density at radius 1 is 1.15 bits per heavy atom. The highest BCUT2D eigenvalue weighted by Crippen LogP contribution is 2.23. The number of rotatable bonds is 4. The van der Waals surface area contributed by atoms with Crippen LogP contribution in [0.1, 0.15) is 24.1 Å². The first-order valence-electron chi connectivity index (χ1n) is 7.19. The molecular weight excluding hydrogens is 250 g/mol. The normalized spacial score (nSPS) is 14.8. The fraction of sp³-hybridized carbons (Fsp3) is 0.438. The van der Waals surface area contributed by atoms with Crippen molar-refractivity contribution in [1.82, 2.24) is 9.78 Å². The van der Waals surface area contributed by atoms with Crippen LogP contribution in [0.15, 0.2) is 30.5 Å². The monoisotopic (exact) mass is 271 g/mol. The van der Waals surface area contributed by atoms with E-state index in [1.165, 1.54) is 31.6 Å². The van der Waals surface area contributed by atoms with Gasteiger partial charge in [-0.1, -0.05) is 0 Å². The SMILES string of the molecule is Cc1nn(C)cc1COc1ccc(N2CCCC2)cc1. The molecule has 2 aromatic rings. The first-order chi connectivity index (χ1) is 9.72. The molecule has 1 aromatic heterocycles. The molecule has 0 radical (unpaired) electrons.